The molecule has 0 saturated carbocycles. The van der Waals surface area contributed by atoms with Gasteiger partial charge in [-0.1, -0.05) is 11.6 Å². The van der Waals surface area contributed by atoms with E-state index in [2.05, 4.69) is 9.71 Å². The highest BCUT2D eigenvalue weighted by Crippen LogP contribution is 2.14. The molecule has 0 bridgehead atoms. The van der Waals surface area contributed by atoms with E-state index in [1.807, 2.05) is 0 Å². The van der Waals surface area contributed by atoms with Crippen LogP contribution in [0, 0.1) is 0 Å². The van der Waals surface area contributed by atoms with E-state index >= 15 is 0 Å². The van der Waals surface area contributed by atoms with Gasteiger partial charge < -0.3 is 9.52 Å². The van der Waals surface area contributed by atoms with Crippen LogP contribution in [-0.4, -0.2) is 25.1 Å². The van der Waals surface area contributed by atoms with Crippen molar-refractivity contribution in [1.82, 2.24) is 9.71 Å². The molecule has 19 heavy (non-hydrogen) atoms. The highest BCUT2D eigenvalue weighted by molar-refractivity contribution is 7.89. The molecule has 6 nitrogen and oxygen atoms in total. The first-order chi connectivity index (χ1) is 8.99. The number of sulfonamides is 1. The van der Waals surface area contributed by atoms with Gasteiger partial charge in [0, 0.05) is 12.7 Å². The van der Waals surface area contributed by atoms with Crippen molar-refractivity contribution in [3.63, 3.8) is 0 Å². The molecule has 0 amide bonds. The number of hydrogen-bond donors (Lipinski definition) is 2. The zero-order valence-corrected chi connectivity index (χ0v) is 11.2. The number of nitrogens with one attached hydrogen (secondary N) is 1. The van der Waals surface area contributed by atoms with E-state index in [1.165, 1.54) is 18.4 Å². The number of aromatic nitrogens is 1. The lowest BCUT2D eigenvalue weighted by molar-refractivity contribution is 0.154. The van der Waals surface area contributed by atoms with Crippen LogP contribution in [0.4, 0.5) is 0 Å². The van der Waals surface area contributed by atoms with Crippen molar-refractivity contribution in [2.75, 3.05) is 6.54 Å². The minimum atomic E-state index is -3.74. The lowest BCUT2D eigenvalue weighted by atomic mass is 10.3. The average molecular weight is 303 g/mol. The molecule has 0 saturated heterocycles. The van der Waals surface area contributed by atoms with Gasteiger partial charge in [0.15, 0.2) is 0 Å². The van der Waals surface area contributed by atoms with Crippen LogP contribution in [0.2, 0.25) is 5.15 Å². The molecule has 2 heterocycles. The van der Waals surface area contributed by atoms with Crippen LogP contribution in [-0.2, 0) is 10.0 Å². The lowest BCUT2D eigenvalue weighted by Crippen LogP contribution is -2.28. The van der Waals surface area contributed by atoms with E-state index in [4.69, 9.17) is 16.0 Å². The molecular formula is C11H11ClN2O4S. The summed E-state index contributed by atoms with van der Waals surface area (Å²) in [6.07, 6.45) is 1.49. The summed E-state index contributed by atoms with van der Waals surface area (Å²) in [6.45, 7) is -0.196. The Balaban J connectivity index is 2.04. The van der Waals surface area contributed by atoms with Gasteiger partial charge in [0.2, 0.25) is 10.0 Å². The molecule has 0 aliphatic rings. The fourth-order valence-corrected chi connectivity index (χ4v) is 2.47. The molecule has 0 aliphatic carbocycles. The first-order valence-electron chi connectivity index (χ1n) is 5.32. The Morgan fingerprint density at radius 2 is 2.21 bits per heavy atom. The van der Waals surface area contributed by atoms with Crippen LogP contribution in [0.5, 0.6) is 0 Å². The quantitative estimate of drug-likeness (QED) is 0.813. The smallest absolute Gasteiger partial charge is 0.242 e. The Morgan fingerprint density at radius 1 is 1.42 bits per heavy atom. The summed E-state index contributed by atoms with van der Waals surface area (Å²) in [7, 11) is -3.74. The SMILES string of the molecule is O=S(=O)(NCC(O)c1ccco1)c1ccc(Cl)nc1. The number of nitrogens with zero attached hydrogens (tertiary/aromatic N) is 1. The van der Waals surface area contributed by atoms with E-state index in [1.54, 1.807) is 12.1 Å². The number of halogens is 1. The van der Waals surface area contributed by atoms with Crippen molar-refractivity contribution in [2.45, 2.75) is 11.0 Å². The second-order valence-corrected chi connectivity index (χ2v) is 5.85. The van der Waals surface area contributed by atoms with Crippen LogP contribution in [0.25, 0.3) is 0 Å². The highest BCUT2D eigenvalue weighted by Gasteiger charge is 2.18. The zero-order valence-electron chi connectivity index (χ0n) is 9.65. The normalized spacial score (nSPS) is 13.4. The highest BCUT2D eigenvalue weighted by atomic mass is 35.5. The first-order valence-corrected chi connectivity index (χ1v) is 7.18. The van der Waals surface area contributed by atoms with Gasteiger partial charge in [-0.15, -0.1) is 0 Å². The third kappa shape index (κ3) is 3.54. The summed E-state index contributed by atoms with van der Waals surface area (Å²) >= 11 is 5.58. The number of pyridine rings is 1. The number of aliphatic hydroxyl groups excluding tert-OH is 1. The minimum Gasteiger partial charge on any atom is -0.467 e. The molecule has 1 atom stereocenters. The Hall–Kier alpha value is -1.41. The molecule has 0 aliphatic heterocycles. The molecule has 8 heteroatoms. The maximum Gasteiger partial charge on any atom is 0.242 e. The van der Waals surface area contributed by atoms with Crippen molar-refractivity contribution >= 4 is 21.6 Å². The van der Waals surface area contributed by atoms with Gasteiger partial charge in [-0.25, -0.2) is 18.1 Å². The van der Waals surface area contributed by atoms with Gasteiger partial charge in [-0.05, 0) is 24.3 Å². The Kier molecular flexibility index (Phi) is 4.20. The molecule has 102 valence electrons. The molecule has 0 radical (unpaired) electrons. The maximum atomic E-state index is 11.9. The van der Waals surface area contributed by atoms with Crippen molar-refractivity contribution in [1.29, 1.82) is 0 Å². The summed E-state index contributed by atoms with van der Waals surface area (Å²) in [5.74, 6) is 0.289. The molecule has 2 aromatic heterocycles. The van der Waals surface area contributed by atoms with Crippen molar-refractivity contribution in [3.8, 4) is 0 Å². The van der Waals surface area contributed by atoms with Crippen LogP contribution in [0.1, 0.15) is 11.9 Å². The van der Waals surface area contributed by atoms with Gasteiger partial charge >= 0.3 is 0 Å². The number of hydrogen-bond acceptors (Lipinski definition) is 5. The third-order valence-electron chi connectivity index (χ3n) is 2.35. The van der Waals surface area contributed by atoms with E-state index in [0.29, 0.717) is 0 Å². The monoisotopic (exact) mass is 302 g/mol. The summed E-state index contributed by atoms with van der Waals surface area (Å²) in [6, 6.07) is 5.87. The average Bonchev–Trinajstić information content (AvgIpc) is 2.90. The van der Waals surface area contributed by atoms with Crippen molar-refractivity contribution < 1.29 is 17.9 Å². The summed E-state index contributed by atoms with van der Waals surface area (Å²) in [5, 5.41) is 9.91. The third-order valence-corrected chi connectivity index (χ3v) is 3.98. The Bertz CT molecular complexity index is 625. The van der Waals surface area contributed by atoms with Gasteiger partial charge in [0.1, 0.15) is 21.9 Å². The Morgan fingerprint density at radius 3 is 2.79 bits per heavy atom. The topological polar surface area (TPSA) is 92.4 Å². The van der Waals surface area contributed by atoms with E-state index in [0.717, 1.165) is 6.20 Å². The predicted octanol–water partition coefficient (Wildman–Crippen LogP) is 1.34. The molecular weight excluding hydrogens is 292 g/mol. The number of rotatable bonds is 5. The molecule has 0 spiro atoms. The second-order valence-electron chi connectivity index (χ2n) is 3.70. The van der Waals surface area contributed by atoms with Gasteiger partial charge in [0.25, 0.3) is 0 Å². The predicted molar refractivity (Wildman–Crippen MR) is 68.1 cm³/mol. The van der Waals surface area contributed by atoms with E-state index in [9.17, 15) is 13.5 Å². The fourth-order valence-electron chi connectivity index (χ4n) is 1.37. The standard InChI is InChI=1S/C11H11ClN2O4S/c12-11-4-3-8(6-13-11)19(16,17)14-7-9(15)10-2-1-5-18-10/h1-6,9,14-15H,7H2. The maximum absolute atomic E-state index is 11.9. The van der Waals surface area contributed by atoms with Gasteiger partial charge in [-0.3, -0.25) is 0 Å². The van der Waals surface area contributed by atoms with Gasteiger partial charge in [0.05, 0.1) is 6.26 Å². The molecule has 1 unspecified atom stereocenters. The second kappa shape index (κ2) is 5.70. The van der Waals surface area contributed by atoms with Gasteiger partial charge in [-0.2, -0.15) is 0 Å². The molecule has 0 fully saturated rings. The van der Waals surface area contributed by atoms with Crippen LogP contribution >= 0.6 is 11.6 Å². The van der Waals surface area contributed by atoms with Crippen molar-refractivity contribution in [2.24, 2.45) is 0 Å². The molecule has 2 aromatic rings. The summed E-state index contributed by atoms with van der Waals surface area (Å²) < 4.78 is 31.0. The molecule has 0 aromatic carbocycles. The number of furan rings is 1. The number of aliphatic hydroxyl groups is 1. The van der Waals surface area contributed by atoms with Crippen LogP contribution in [0.3, 0.4) is 0 Å². The minimum absolute atomic E-state index is 0.0245. The lowest BCUT2D eigenvalue weighted by Gasteiger charge is -2.10. The molecule has 2 rings (SSSR count). The van der Waals surface area contributed by atoms with Crippen molar-refractivity contribution in [3.05, 3.63) is 47.6 Å². The fraction of sp³-hybridized carbons (Fsp3) is 0.182. The summed E-state index contributed by atoms with van der Waals surface area (Å²) in [4.78, 5) is 3.66. The first kappa shape index (κ1) is 14.0. The van der Waals surface area contributed by atoms with E-state index in [-0.39, 0.29) is 22.4 Å². The zero-order chi connectivity index (χ0) is 13.9. The summed E-state index contributed by atoms with van der Waals surface area (Å²) in [5.41, 5.74) is 0. The van der Waals surface area contributed by atoms with Crippen LogP contribution < -0.4 is 4.72 Å². The van der Waals surface area contributed by atoms with Crippen LogP contribution in [0.15, 0.2) is 46.0 Å². The largest absolute Gasteiger partial charge is 0.467 e. The Labute approximate surface area is 115 Å². The van der Waals surface area contributed by atoms with E-state index < -0.39 is 16.1 Å². The molecule has 2 N–H and O–H groups in total.